The van der Waals surface area contributed by atoms with Crippen LogP contribution in [-0.2, 0) is 6.54 Å². The quantitative estimate of drug-likeness (QED) is 0.823. The number of ether oxygens (including phenoxy) is 1. The van der Waals surface area contributed by atoms with E-state index in [9.17, 15) is 4.39 Å². The molecular weight excluding hydrogens is 253 g/mol. The topological polar surface area (TPSA) is 41.5 Å². The van der Waals surface area contributed by atoms with Gasteiger partial charge in [-0.1, -0.05) is 15.9 Å². The maximum absolute atomic E-state index is 13.4. The Morgan fingerprint density at radius 2 is 2.29 bits per heavy atom. The first-order valence-electron chi connectivity index (χ1n) is 4.00. The van der Waals surface area contributed by atoms with Crippen LogP contribution in [0.3, 0.4) is 0 Å². The zero-order valence-electron chi connectivity index (χ0n) is 7.90. The fourth-order valence-electron chi connectivity index (χ4n) is 1.26. The SMILES string of the molecule is COc1c(F)cc(Br)c(C)c1CNO. The molecule has 1 aromatic rings. The summed E-state index contributed by atoms with van der Waals surface area (Å²) in [5, 5.41) is 8.60. The van der Waals surface area contributed by atoms with Gasteiger partial charge in [0.1, 0.15) is 0 Å². The van der Waals surface area contributed by atoms with Crippen LogP contribution in [0.4, 0.5) is 4.39 Å². The minimum atomic E-state index is -0.449. The van der Waals surface area contributed by atoms with E-state index in [0.717, 1.165) is 5.56 Å². The molecule has 0 bridgehead atoms. The molecule has 14 heavy (non-hydrogen) atoms. The zero-order chi connectivity index (χ0) is 10.7. The van der Waals surface area contributed by atoms with E-state index in [2.05, 4.69) is 15.9 Å². The largest absolute Gasteiger partial charge is 0.493 e. The number of rotatable bonds is 3. The Balaban J connectivity index is 3.32. The van der Waals surface area contributed by atoms with Gasteiger partial charge in [-0.2, -0.15) is 0 Å². The zero-order valence-corrected chi connectivity index (χ0v) is 9.48. The Morgan fingerprint density at radius 1 is 1.64 bits per heavy atom. The molecule has 0 aliphatic carbocycles. The Bertz CT molecular complexity index is 344. The number of methoxy groups -OCH3 is 1. The molecule has 3 nitrogen and oxygen atoms in total. The third-order valence-electron chi connectivity index (χ3n) is 2.02. The Kier molecular flexibility index (Phi) is 3.86. The van der Waals surface area contributed by atoms with Crippen molar-refractivity contribution in [2.24, 2.45) is 0 Å². The fraction of sp³-hybridized carbons (Fsp3) is 0.333. The van der Waals surface area contributed by atoms with Crippen molar-refractivity contribution in [1.82, 2.24) is 5.48 Å². The first-order chi connectivity index (χ1) is 6.61. The summed E-state index contributed by atoms with van der Waals surface area (Å²) in [6.07, 6.45) is 0. The number of hydrogen-bond acceptors (Lipinski definition) is 3. The van der Waals surface area contributed by atoms with Crippen molar-refractivity contribution in [2.75, 3.05) is 7.11 Å². The van der Waals surface area contributed by atoms with Crippen LogP contribution >= 0.6 is 15.9 Å². The van der Waals surface area contributed by atoms with Gasteiger partial charge in [0.05, 0.1) is 7.11 Å². The van der Waals surface area contributed by atoms with Crippen LogP contribution in [0, 0.1) is 12.7 Å². The van der Waals surface area contributed by atoms with Crippen molar-refractivity contribution >= 4 is 15.9 Å². The Labute approximate surface area is 90.0 Å². The molecule has 1 aromatic carbocycles. The van der Waals surface area contributed by atoms with Crippen molar-refractivity contribution in [2.45, 2.75) is 13.5 Å². The Hall–Kier alpha value is -0.650. The smallest absolute Gasteiger partial charge is 0.166 e. The van der Waals surface area contributed by atoms with E-state index in [-0.39, 0.29) is 12.3 Å². The Morgan fingerprint density at radius 3 is 2.79 bits per heavy atom. The second kappa shape index (κ2) is 4.72. The molecule has 0 spiro atoms. The molecule has 0 heterocycles. The minimum Gasteiger partial charge on any atom is -0.493 e. The summed E-state index contributed by atoms with van der Waals surface area (Å²) in [5.41, 5.74) is 3.42. The summed E-state index contributed by atoms with van der Waals surface area (Å²) in [4.78, 5) is 0. The van der Waals surface area contributed by atoms with E-state index in [1.54, 1.807) is 0 Å². The van der Waals surface area contributed by atoms with Crippen molar-refractivity contribution in [3.05, 3.63) is 27.5 Å². The number of halogens is 2. The first-order valence-corrected chi connectivity index (χ1v) is 4.79. The standard InChI is InChI=1S/C9H11BrFNO2/c1-5-6(4-12-13)9(14-2)8(11)3-7(5)10/h3,12-13H,4H2,1-2H3. The molecule has 5 heteroatoms. The van der Waals surface area contributed by atoms with Gasteiger partial charge in [0.25, 0.3) is 0 Å². The van der Waals surface area contributed by atoms with Crippen LogP contribution in [0.15, 0.2) is 10.5 Å². The molecule has 0 fully saturated rings. The van der Waals surface area contributed by atoms with Crippen LogP contribution in [0.5, 0.6) is 5.75 Å². The van der Waals surface area contributed by atoms with Crippen LogP contribution in [0.25, 0.3) is 0 Å². The van der Waals surface area contributed by atoms with Gasteiger partial charge < -0.3 is 9.94 Å². The second-order valence-electron chi connectivity index (χ2n) is 2.81. The van der Waals surface area contributed by atoms with Crippen molar-refractivity contribution < 1.29 is 14.3 Å². The highest BCUT2D eigenvalue weighted by molar-refractivity contribution is 9.10. The average Bonchev–Trinajstić information content (AvgIpc) is 2.14. The van der Waals surface area contributed by atoms with Gasteiger partial charge >= 0.3 is 0 Å². The van der Waals surface area contributed by atoms with Crippen LogP contribution < -0.4 is 10.2 Å². The van der Waals surface area contributed by atoms with Gasteiger partial charge in [-0.15, -0.1) is 0 Å². The van der Waals surface area contributed by atoms with E-state index in [0.29, 0.717) is 10.0 Å². The fourth-order valence-corrected chi connectivity index (χ4v) is 1.70. The molecule has 0 saturated carbocycles. The molecule has 0 unspecified atom stereocenters. The molecule has 0 aromatic heterocycles. The maximum atomic E-state index is 13.4. The number of hydrogen-bond donors (Lipinski definition) is 2. The van der Waals surface area contributed by atoms with Gasteiger partial charge in [-0.3, -0.25) is 0 Å². The molecule has 0 radical (unpaired) electrons. The van der Waals surface area contributed by atoms with Crippen molar-refractivity contribution in [3.63, 3.8) is 0 Å². The summed E-state index contributed by atoms with van der Waals surface area (Å²) in [7, 11) is 1.40. The number of benzene rings is 1. The second-order valence-corrected chi connectivity index (χ2v) is 3.67. The van der Waals surface area contributed by atoms with Gasteiger partial charge in [0, 0.05) is 16.6 Å². The molecule has 0 amide bonds. The van der Waals surface area contributed by atoms with Crippen LogP contribution in [0.1, 0.15) is 11.1 Å². The molecular formula is C9H11BrFNO2. The molecule has 2 N–H and O–H groups in total. The van der Waals surface area contributed by atoms with Gasteiger partial charge in [-0.25, -0.2) is 9.87 Å². The lowest BCUT2D eigenvalue weighted by Gasteiger charge is -2.13. The normalized spacial score (nSPS) is 10.4. The third-order valence-corrected chi connectivity index (χ3v) is 2.84. The van der Waals surface area contributed by atoms with Gasteiger partial charge in [0.2, 0.25) is 0 Å². The molecule has 0 saturated heterocycles. The average molecular weight is 264 g/mol. The molecule has 78 valence electrons. The van der Waals surface area contributed by atoms with Gasteiger partial charge in [-0.05, 0) is 18.6 Å². The van der Waals surface area contributed by atoms with Crippen molar-refractivity contribution in [3.8, 4) is 5.75 Å². The van der Waals surface area contributed by atoms with Crippen LogP contribution in [-0.4, -0.2) is 12.3 Å². The third kappa shape index (κ3) is 2.05. The summed E-state index contributed by atoms with van der Waals surface area (Å²) in [6.45, 7) is 1.96. The number of nitrogens with one attached hydrogen (secondary N) is 1. The predicted molar refractivity (Wildman–Crippen MR) is 54.0 cm³/mol. The summed E-state index contributed by atoms with van der Waals surface area (Å²) >= 11 is 3.23. The summed E-state index contributed by atoms with van der Waals surface area (Å²) in [6, 6.07) is 1.34. The summed E-state index contributed by atoms with van der Waals surface area (Å²) < 4.78 is 18.9. The maximum Gasteiger partial charge on any atom is 0.166 e. The molecule has 0 aliphatic heterocycles. The van der Waals surface area contributed by atoms with E-state index in [1.165, 1.54) is 13.2 Å². The first kappa shape index (κ1) is 11.4. The number of hydroxylamine groups is 1. The van der Waals surface area contributed by atoms with E-state index < -0.39 is 5.82 Å². The van der Waals surface area contributed by atoms with Crippen LogP contribution in [0.2, 0.25) is 0 Å². The lowest BCUT2D eigenvalue weighted by Crippen LogP contribution is -2.10. The van der Waals surface area contributed by atoms with Crippen molar-refractivity contribution in [1.29, 1.82) is 0 Å². The molecule has 0 atom stereocenters. The lowest BCUT2D eigenvalue weighted by molar-refractivity contribution is 0.159. The lowest BCUT2D eigenvalue weighted by atomic mass is 10.1. The molecule has 0 aliphatic rings. The molecule has 1 rings (SSSR count). The van der Waals surface area contributed by atoms with E-state index in [4.69, 9.17) is 9.94 Å². The minimum absolute atomic E-state index is 0.144. The highest BCUT2D eigenvalue weighted by Crippen LogP contribution is 2.31. The predicted octanol–water partition coefficient (Wildman–Crippen LogP) is 2.38. The summed E-state index contributed by atoms with van der Waals surface area (Å²) in [5.74, 6) is -0.289. The highest BCUT2D eigenvalue weighted by Gasteiger charge is 2.14. The monoisotopic (exact) mass is 263 g/mol. The van der Waals surface area contributed by atoms with E-state index >= 15 is 0 Å². The van der Waals surface area contributed by atoms with Gasteiger partial charge in [0.15, 0.2) is 11.6 Å². The highest BCUT2D eigenvalue weighted by atomic mass is 79.9. The van der Waals surface area contributed by atoms with E-state index in [1.807, 2.05) is 12.4 Å².